The molecule has 0 saturated heterocycles. The Kier molecular flexibility index (Phi) is 4.23. The van der Waals surface area contributed by atoms with Gasteiger partial charge in [-0.25, -0.2) is 0 Å². The summed E-state index contributed by atoms with van der Waals surface area (Å²) in [6.45, 7) is 4.09. The predicted octanol–water partition coefficient (Wildman–Crippen LogP) is 3.91. The van der Waals surface area contributed by atoms with Crippen LogP contribution in [0.2, 0.25) is 10.0 Å². The maximum Gasteiger partial charge on any atom is 0.143 e. The van der Waals surface area contributed by atoms with Gasteiger partial charge in [-0.1, -0.05) is 34.4 Å². The van der Waals surface area contributed by atoms with E-state index in [1.807, 2.05) is 19.9 Å². The van der Waals surface area contributed by atoms with E-state index in [2.05, 4.69) is 5.16 Å². The van der Waals surface area contributed by atoms with Crippen molar-refractivity contribution in [3.63, 3.8) is 0 Å². The summed E-state index contributed by atoms with van der Waals surface area (Å²) < 4.78 is 0. The van der Waals surface area contributed by atoms with Crippen LogP contribution in [0.25, 0.3) is 0 Å². The van der Waals surface area contributed by atoms with Gasteiger partial charge in [0.25, 0.3) is 0 Å². The number of halogens is 2. The smallest absolute Gasteiger partial charge is 0.143 e. The van der Waals surface area contributed by atoms with Crippen LogP contribution < -0.4 is 0 Å². The molecular weight excluding hydrogens is 221 g/mol. The molecule has 0 heterocycles. The Hall–Kier alpha value is -0.730. The Morgan fingerprint density at radius 2 is 2.07 bits per heavy atom. The van der Waals surface area contributed by atoms with Crippen LogP contribution in [-0.2, 0) is 11.4 Å². The minimum Gasteiger partial charge on any atom is -0.391 e. The highest BCUT2D eigenvalue weighted by Gasteiger charge is 2.00. The molecule has 0 radical (unpaired) electrons. The summed E-state index contributed by atoms with van der Waals surface area (Å²) >= 11 is 11.7. The van der Waals surface area contributed by atoms with Gasteiger partial charge in [-0.05, 0) is 26.0 Å². The van der Waals surface area contributed by atoms with Crippen molar-refractivity contribution in [2.75, 3.05) is 0 Å². The Morgan fingerprint density at radius 3 is 2.64 bits per heavy atom. The van der Waals surface area contributed by atoms with Gasteiger partial charge in [-0.15, -0.1) is 0 Å². The average molecular weight is 232 g/mol. The third-order valence-electron chi connectivity index (χ3n) is 1.48. The molecule has 0 fully saturated rings. The first kappa shape index (κ1) is 11.3. The van der Waals surface area contributed by atoms with E-state index in [1.165, 1.54) is 0 Å². The summed E-state index contributed by atoms with van der Waals surface area (Å²) in [5.74, 6) is 0. The summed E-state index contributed by atoms with van der Waals surface area (Å²) in [4.78, 5) is 5.06. The van der Waals surface area contributed by atoms with Crippen LogP contribution in [0.3, 0.4) is 0 Å². The number of oxime groups is 1. The van der Waals surface area contributed by atoms with Crippen molar-refractivity contribution >= 4 is 28.9 Å². The zero-order valence-electron chi connectivity index (χ0n) is 8.05. The third kappa shape index (κ3) is 3.56. The molecule has 2 nitrogen and oxygen atoms in total. The van der Waals surface area contributed by atoms with Gasteiger partial charge in [0.2, 0.25) is 0 Å². The largest absolute Gasteiger partial charge is 0.391 e. The van der Waals surface area contributed by atoms with E-state index < -0.39 is 0 Å². The van der Waals surface area contributed by atoms with Crippen LogP contribution in [0.5, 0.6) is 0 Å². The fourth-order valence-electron chi connectivity index (χ4n) is 0.870. The zero-order chi connectivity index (χ0) is 10.6. The van der Waals surface area contributed by atoms with E-state index in [1.54, 1.807) is 12.1 Å². The average Bonchev–Trinajstić information content (AvgIpc) is 2.08. The summed E-state index contributed by atoms with van der Waals surface area (Å²) in [5, 5.41) is 5.03. The van der Waals surface area contributed by atoms with Crippen LogP contribution in [0.15, 0.2) is 23.4 Å². The van der Waals surface area contributed by atoms with Crippen molar-refractivity contribution < 1.29 is 4.84 Å². The van der Waals surface area contributed by atoms with Crippen LogP contribution >= 0.6 is 23.2 Å². The molecule has 4 heteroatoms. The lowest BCUT2D eigenvalue weighted by Crippen LogP contribution is -1.90. The zero-order valence-corrected chi connectivity index (χ0v) is 9.56. The summed E-state index contributed by atoms with van der Waals surface area (Å²) in [6, 6.07) is 5.28. The summed E-state index contributed by atoms with van der Waals surface area (Å²) in [7, 11) is 0. The highest BCUT2D eigenvalue weighted by Crippen LogP contribution is 2.21. The Labute approximate surface area is 93.5 Å². The SMILES string of the molecule is CC(C)=NOCc1ccc(Cl)cc1Cl. The topological polar surface area (TPSA) is 21.6 Å². The van der Waals surface area contributed by atoms with Crippen molar-refractivity contribution in [2.24, 2.45) is 5.16 Å². The van der Waals surface area contributed by atoms with E-state index in [-0.39, 0.29) is 0 Å². The summed E-state index contributed by atoms with van der Waals surface area (Å²) in [5.41, 5.74) is 1.75. The van der Waals surface area contributed by atoms with E-state index in [4.69, 9.17) is 28.0 Å². The molecule has 0 aliphatic carbocycles. The van der Waals surface area contributed by atoms with Crippen LogP contribution in [-0.4, -0.2) is 5.71 Å². The Morgan fingerprint density at radius 1 is 1.36 bits per heavy atom. The molecule has 1 rings (SSSR count). The molecule has 0 aromatic heterocycles. The lowest BCUT2D eigenvalue weighted by atomic mass is 10.2. The van der Waals surface area contributed by atoms with Crippen molar-refractivity contribution in [1.29, 1.82) is 0 Å². The molecule has 0 N–H and O–H groups in total. The van der Waals surface area contributed by atoms with Crippen molar-refractivity contribution in [2.45, 2.75) is 20.5 Å². The Bertz CT molecular complexity index is 346. The van der Waals surface area contributed by atoms with Gasteiger partial charge in [-0.2, -0.15) is 0 Å². The second-order valence-corrected chi connectivity index (χ2v) is 3.89. The second kappa shape index (κ2) is 5.23. The van der Waals surface area contributed by atoms with E-state index in [0.29, 0.717) is 16.7 Å². The molecule has 0 unspecified atom stereocenters. The predicted molar refractivity (Wildman–Crippen MR) is 60.0 cm³/mol. The lowest BCUT2D eigenvalue weighted by Gasteiger charge is -2.03. The number of rotatable bonds is 3. The summed E-state index contributed by atoms with van der Waals surface area (Å²) in [6.07, 6.45) is 0. The molecule has 0 aliphatic rings. The van der Waals surface area contributed by atoms with Crippen LogP contribution in [0.1, 0.15) is 19.4 Å². The number of hydrogen-bond donors (Lipinski definition) is 0. The molecule has 0 bridgehead atoms. The van der Waals surface area contributed by atoms with E-state index in [9.17, 15) is 0 Å². The minimum atomic E-state index is 0.362. The first-order valence-corrected chi connectivity index (χ1v) is 4.92. The maximum atomic E-state index is 5.93. The van der Waals surface area contributed by atoms with Crippen molar-refractivity contribution in [3.05, 3.63) is 33.8 Å². The number of benzene rings is 1. The molecule has 0 atom stereocenters. The fraction of sp³-hybridized carbons (Fsp3) is 0.300. The highest BCUT2D eigenvalue weighted by atomic mass is 35.5. The first-order valence-electron chi connectivity index (χ1n) is 4.16. The van der Waals surface area contributed by atoms with Gasteiger partial charge >= 0.3 is 0 Å². The molecule has 1 aromatic carbocycles. The maximum absolute atomic E-state index is 5.93. The molecular formula is C10H11Cl2NO. The number of hydrogen-bond acceptors (Lipinski definition) is 2. The second-order valence-electron chi connectivity index (χ2n) is 3.05. The van der Waals surface area contributed by atoms with Gasteiger partial charge in [0.05, 0.1) is 5.71 Å². The Balaban J connectivity index is 2.64. The highest BCUT2D eigenvalue weighted by molar-refractivity contribution is 6.35. The lowest BCUT2D eigenvalue weighted by molar-refractivity contribution is 0.130. The normalized spacial score (nSPS) is 9.71. The van der Waals surface area contributed by atoms with E-state index in [0.717, 1.165) is 11.3 Å². The molecule has 1 aromatic rings. The quantitative estimate of drug-likeness (QED) is 0.572. The van der Waals surface area contributed by atoms with Gasteiger partial charge < -0.3 is 4.84 Å². The molecule has 14 heavy (non-hydrogen) atoms. The van der Waals surface area contributed by atoms with Crippen LogP contribution in [0, 0.1) is 0 Å². The molecule has 0 amide bonds. The minimum absolute atomic E-state index is 0.362. The molecule has 0 spiro atoms. The fourth-order valence-corrected chi connectivity index (χ4v) is 1.33. The van der Waals surface area contributed by atoms with Crippen molar-refractivity contribution in [3.8, 4) is 0 Å². The monoisotopic (exact) mass is 231 g/mol. The number of nitrogens with zero attached hydrogens (tertiary/aromatic N) is 1. The molecule has 0 aliphatic heterocycles. The van der Waals surface area contributed by atoms with Gasteiger partial charge in [0.15, 0.2) is 0 Å². The molecule has 76 valence electrons. The van der Waals surface area contributed by atoms with Gasteiger partial charge in [0, 0.05) is 15.6 Å². The molecule has 0 saturated carbocycles. The van der Waals surface area contributed by atoms with E-state index >= 15 is 0 Å². The third-order valence-corrected chi connectivity index (χ3v) is 2.07. The van der Waals surface area contributed by atoms with Crippen molar-refractivity contribution in [1.82, 2.24) is 0 Å². The first-order chi connectivity index (χ1) is 6.59. The standard InChI is InChI=1S/C10H11Cl2NO/c1-7(2)13-14-6-8-3-4-9(11)5-10(8)12/h3-5H,6H2,1-2H3. The van der Waals surface area contributed by atoms with Crippen LogP contribution in [0.4, 0.5) is 0 Å². The van der Waals surface area contributed by atoms with Gasteiger partial charge in [0.1, 0.15) is 6.61 Å². The van der Waals surface area contributed by atoms with Gasteiger partial charge in [-0.3, -0.25) is 0 Å².